The first-order chi connectivity index (χ1) is 19.3. The molecule has 6 aromatic rings. The lowest BCUT2D eigenvalue weighted by Crippen LogP contribution is -2.31. The third kappa shape index (κ3) is 4.02. The van der Waals surface area contributed by atoms with E-state index in [1.165, 1.54) is 56.3 Å². The van der Waals surface area contributed by atoms with Crippen molar-refractivity contribution in [3.8, 4) is 0 Å². The number of rotatable bonds is 6. The van der Waals surface area contributed by atoms with Crippen LogP contribution in [0.1, 0.15) is 48.1 Å². The summed E-state index contributed by atoms with van der Waals surface area (Å²) in [5.41, 5.74) is 9.68. The first-order valence-corrected chi connectivity index (χ1v) is 13.9. The lowest BCUT2D eigenvalue weighted by Gasteiger charge is -2.40. The van der Waals surface area contributed by atoms with E-state index in [0.29, 0.717) is 0 Å². The van der Waals surface area contributed by atoms with Gasteiger partial charge in [-0.2, -0.15) is 0 Å². The van der Waals surface area contributed by atoms with Gasteiger partial charge in [0.2, 0.25) is 0 Å². The zero-order chi connectivity index (χ0) is 26.2. The number of fused-ring (bicyclic) bond motifs is 4. The van der Waals surface area contributed by atoms with Crippen molar-refractivity contribution in [2.24, 2.45) is 0 Å². The van der Waals surface area contributed by atoms with Crippen LogP contribution in [0, 0.1) is 0 Å². The van der Waals surface area contributed by atoms with Crippen LogP contribution < -0.4 is 4.90 Å². The Labute approximate surface area is 229 Å². The van der Waals surface area contributed by atoms with Crippen molar-refractivity contribution in [1.82, 2.24) is 9.55 Å². The van der Waals surface area contributed by atoms with Gasteiger partial charge >= 0.3 is 0 Å². The van der Waals surface area contributed by atoms with Gasteiger partial charge in [-0.25, -0.2) is 0 Å². The van der Waals surface area contributed by atoms with Crippen molar-refractivity contribution >= 4 is 39.3 Å². The van der Waals surface area contributed by atoms with Crippen LogP contribution in [0.3, 0.4) is 0 Å². The lowest BCUT2D eigenvalue weighted by atomic mass is 9.86. The molecule has 3 heterocycles. The summed E-state index contributed by atoms with van der Waals surface area (Å²) in [7, 11) is 0. The standard InChI is InChI=1S/C36H31N3/c1-2-3-22-38-25-32(29-19-11-13-21-34(29)38)36-31-24-37-33-20-12-10-18-28(33)30(31)23-35(26-14-6-4-7-15-26)39(36)27-16-8-5-9-17-27/h4-21,23-25,36H,2-3,22H2,1H3. The fraction of sp³-hybridized carbons (Fsp3) is 0.139. The maximum Gasteiger partial charge on any atom is 0.0886 e. The van der Waals surface area contributed by atoms with Crippen LogP contribution in [0.4, 0.5) is 5.69 Å². The Morgan fingerprint density at radius 1 is 0.718 bits per heavy atom. The Morgan fingerprint density at radius 2 is 1.41 bits per heavy atom. The van der Waals surface area contributed by atoms with Crippen molar-refractivity contribution in [1.29, 1.82) is 0 Å². The van der Waals surface area contributed by atoms with E-state index in [9.17, 15) is 0 Å². The van der Waals surface area contributed by atoms with Crippen LogP contribution in [0.5, 0.6) is 0 Å². The molecule has 4 aromatic carbocycles. The maximum absolute atomic E-state index is 4.97. The Morgan fingerprint density at radius 3 is 2.21 bits per heavy atom. The molecule has 3 heteroatoms. The number of aromatic nitrogens is 2. The second-order valence-electron chi connectivity index (χ2n) is 10.3. The molecule has 1 aliphatic rings. The molecule has 39 heavy (non-hydrogen) atoms. The SMILES string of the molecule is CCCCn1cc(C2c3cnc4ccccc4c3C=C(c3ccccc3)N2c2ccccc2)c2ccccc21. The Kier molecular flexibility index (Phi) is 5.97. The molecule has 1 unspecified atom stereocenters. The molecule has 0 bridgehead atoms. The second-order valence-corrected chi connectivity index (χ2v) is 10.3. The van der Waals surface area contributed by atoms with Gasteiger partial charge in [0.05, 0.1) is 11.6 Å². The molecule has 3 nitrogen and oxygen atoms in total. The van der Waals surface area contributed by atoms with Crippen molar-refractivity contribution in [2.75, 3.05) is 4.90 Å². The van der Waals surface area contributed by atoms with Gasteiger partial charge in [-0.1, -0.05) is 98.3 Å². The van der Waals surface area contributed by atoms with Gasteiger partial charge in [-0.3, -0.25) is 4.98 Å². The molecule has 0 fully saturated rings. The van der Waals surface area contributed by atoms with Gasteiger partial charge in [0.25, 0.3) is 0 Å². The van der Waals surface area contributed by atoms with Crippen molar-refractivity contribution in [2.45, 2.75) is 32.4 Å². The van der Waals surface area contributed by atoms with Crippen LogP contribution in [0.25, 0.3) is 33.6 Å². The van der Waals surface area contributed by atoms with E-state index in [0.717, 1.165) is 18.5 Å². The summed E-state index contributed by atoms with van der Waals surface area (Å²) in [5, 5.41) is 2.49. The van der Waals surface area contributed by atoms with Gasteiger partial charge in [-0.15, -0.1) is 0 Å². The summed E-state index contributed by atoms with van der Waals surface area (Å²) in [4.78, 5) is 7.48. The monoisotopic (exact) mass is 505 g/mol. The van der Waals surface area contributed by atoms with E-state index in [-0.39, 0.29) is 6.04 Å². The number of pyridine rings is 1. The van der Waals surface area contributed by atoms with Crippen LogP contribution in [0.15, 0.2) is 122 Å². The quantitative estimate of drug-likeness (QED) is 0.225. The molecular weight excluding hydrogens is 474 g/mol. The first kappa shape index (κ1) is 23.5. The summed E-state index contributed by atoms with van der Waals surface area (Å²) in [6.07, 6.45) is 9.20. The zero-order valence-corrected chi connectivity index (χ0v) is 22.2. The molecule has 0 spiro atoms. The van der Waals surface area contributed by atoms with E-state index in [1.807, 2.05) is 0 Å². The molecule has 190 valence electrons. The summed E-state index contributed by atoms with van der Waals surface area (Å²) in [6, 6.07) is 38.9. The number of aryl methyl sites for hydroxylation is 1. The lowest BCUT2D eigenvalue weighted by molar-refractivity contribution is 0.646. The molecule has 1 atom stereocenters. The summed E-state index contributed by atoms with van der Waals surface area (Å²) in [6.45, 7) is 3.27. The third-order valence-corrected chi connectivity index (χ3v) is 7.91. The Hall–Kier alpha value is -4.63. The Balaban J connectivity index is 1.57. The number of hydrogen-bond acceptors (Lipinski definition) is 2. The fourth-order valence-corrected chi connectivity index (χ4v) is 6.06. The molecule has 0 radical (unpaired) electrons. The summed E-state index contributed by atoms with van der Waals surface area (Å²) < 4.78 is 2.45. The highest BCUT2D eigenvalue weighted by Gasteiger charge is 2.35. The maximum atomic E-state index is 4.97. The van der Waals surface area contributed by atoms with E-state index in [2.05, 4.69) is 144 Å². The molecular formula is C36H31N3. The van der Waals surface area contributed by atoms with E-state index in [4.69, 9.17) is 4.98 Å². The van der Waals surface area contributed by atoms with Crippen LogP contribution in [-0.4, -0.2) is 9.55 Å². The van der Waals surface area contributed by atoms with Crippen LogP contribution in [0.2, 0.25) is 0 Å². The van der Waals surface area contributed by atoms with Crippen molar-refractivity contribution < 1.29 is 0 Å². The molecule has 7 rings (SSSR count). The van der Waals surface area contributed by atoms with Gasteiger partial charge in [-0.05, 0) is 47.9 Å². The topological polar surface area (TPSA) is 21.1 Å². The molecule has 0 saturated carbocycles. The highest BCUT2D eigenvalue weighted by molar-refractivity contribution is 6.02. The number of unbranched alkanes of at least 4 members (excludes halogenated alkanes) is 1. The largest absolute Gasteiger partial charge is 0.347 e. The van der Waals surface area contributed by atoms with Gasteiger partial charge in [0.1, 0.15) is 0 Å². The molecule has 0 amide bonds. The number of para-hydroxylation sites is 3. The molecule has 0 aliphatic carbocycles. The predicted molar refractivity (Wildman–Crippen MR) is 164 cm³/mol. The van der Waals surface area contributed by atoms with Crippen molar-refractivity contribution in [3.05, 3.63) is 144 Å². The van der Waals surface area contributed by atoms with E-state index >= 15 is 0 Å². The van der Waals surface area contributed by atoms with Gasteiger partial charge in [0.15, 0.2) is 0 Å². The van der Waals surface area contributed by atoms with Crippen LogP contribution in [-0.2, 0) is 6.54 Å². The van der Waals surface area contributed by atoms with E-state index in [1.54, 1.807) is 0 Å². The minimum Gasteiger partial charge on any atom is -0.347 e. The molecule has 0 saturated heterocycles. The second kappa shape index (κ2) is 9.92. The number of anilines is 1. The minimum atomic E-state index is -0.0347. The number of nitrogens with zero attached hydrogens (tertiary/aromatic N) is 3. The van der Waals surface area contributed by atoms with Crippen LogP contribution >= 0.6 is 0 Å². The average molecular weight is 506 g/mol. The smallest absolute Gasteiger partial charge is 0.0886 e. The zero-order valence-electron chi connectivity index (χ0n) is 22.2. The van der Waals surface area contributed by atoms with Gasteiger partial charge in [0, 0.05) is 57.7 Å². The highest BCUT2D eigenvalue weighted by atomic mass is 15.2. The van der Waals surface area contributed by atoms with E-state index < -0.39 is 0 Å². The minimum absolute atomic E-state index is 0.0347. The molecule has 2 aromatic heterocycles. The van der Waals surface area contributed by atoms with Crippen molar-refractivity contribution in [3.63, 3.8) is 0 Å². The summed E-state index contributed by atoms with van der Waals surface area (Å²) >= 11 is 0. The average Bonchev–Trinajstić information content (AvgIpc) is 3.38. The summed E-state index contributed by atoms with van der Waals surface area (Å²) in [5.74, 6) is 0. The fourth-order valence-electron chi connectivity index (χ4n) is 6.06. The third-order valence-electron chi connectivity index (χ3n) is 7.91. The highest BCUT2D eigenvalue weighted by Crippen LogP contribution is 2.48. The number of hydrogen-bond donors (Lipinski definition) is 0. The normalized spacial score (nSPS) is 14.9. The Bertz CT molecular complexity index is 1800. The number of benzene rings is 4. The predicted octanol–water partition coefficient (Wildman–Crippen LogP) is 9.10. The molecule has 1 aliphatic heterocycles. The first-order valence-electron chi connectivity index (χ1n) is 13.9. The molecule has 0 N–H and O–H groups in total. The van der Waals surface area contributed by atoms with Gasteiger partial charge < -0.3 is 9.47 Å².